The molecule has 2 atom stereocenters. The van der Waals surface area contributed by atoms with E-state index in [-0.39, 0.29) is 16.0 Å². The van der Waals surface area contributed by atoms with E-state index in [4.69, 9.17) is 25.8 Å². The van der Waals surface area contributed by atoms with Crippen molar-refractivity contribution in [3.05, 3.63) is 30.3 Å². The van der Waals surface area contributed by atoms with E-state index in [0.29, 0.717) is 16.9 Å². The number of esters is 2. The Bertz CT molecular complexity index is 1410. The highest BCUT2D eigenvalue weighted by atomic mass is 35.5. The van der Waals surface area contributed by atoms with E-state index < -0.39 is 86.8 Å². The lowest BCUT2D eigenvalue weighted by molar-refractivity contribution is -0.162. The summed E-state index contributed by atoms with van der Waals surface area (Å²) in [7, 11) is -7.72. The van der Waals surface area contributed by atoms with Crippen molar-refractivity contribution < 1.29 is 50.2 Å². The third kappa shape index (κ3) is 14.2. The number of sulfonamides is 2. The summed E-state index contributed by atoms with van der Waals surface area (Å²) in [6.45, 7) is 8.39. The Labute approximate surface area is 270 Å². The fourth-order valence-corrected chi connectivity index (χ4v) is 6.27. The molecule has 1 N–H and O–H groups in total. The van der Waals surface area contributed by atoms with E-state index >= 15 is 0 Å². The van der Waals surface area contributed by atoms with E-state index in [1.807, 2.05) is 0 Å². The monoisotopic (exact) mass is 698 g/mol. The molecule has 18 heteroatoms. The summed E-state index contributed by atoms with van der Waals surface area (Å²) in [6, 6.07) is 5.11. The third-order valence-corrected chi connectivity index (χ3v) is 7.72. The molecule has 0 fully saturated rings. The molecular formula is C27H43ClN4O11S2. The van der Waals surface area contributed by atoms with Crippen LogP contribution in [0.3, 0.4) is 0 Å². The zero-order valence-electron chi connectivity index (χ0n) is 26.9. The molecule has 0 aliphatic rings. The first-order valence-corrected chi connectivity index (χ1v) is 17.9. The Morgan fingerprint density at radius 2 is 1.38 bits per heavy atom. The molecule has 0 aliphatic heterocycles. The molecule has 1 unspecified atom stereocenters. The second-order valence-corrected chi connectivity index (χ2v) is 16.1. The molecular weight excluding hydrogens is 656 g/mol. The van der Waals surface area contributed by atoms with Crippen LogP contribution in [-0.2, 0) is 39.1 Å². The molecule has 0 spiro atoms. The van der Waals surface area contributed by atoms with Crippen molar-refractivity contribution in [3.63, 3.8) is 0 Å². The van der Waals surface area contributed by atoms with Crippen molar-refractivity contribution in [2.75, 3.05) is 38.5 Å². The number of benzene rings is 1. The molecule has 0 bridgehead atoms. The third-order valence-electron chi connectivity index (χ3n) is 5.36. The van der Waals surface area contributed by atoms with E-state index in [1.54, 1.807) is 59.7 Å². The van der Waals surface area contributed by atoms with Gasteiger partial charge in [0.15, 0.2) is 0 Å². The number of para-hydroxylation sites is 1. The number of carbonyl (C=O) groups is 4. The average Bonchev–Trinajstić information content (AvgIpc) is 2.84. The number of urea groups is 1. The molecule has 3 amide bonds. The number of halogens is 1. The molecule has 1 aromatic rings. The van der Waals surface area contributed by atoms with Gasteiger partial charge in [-0.3, -0.25) is 4.79 Å². The second kappa shape index (κ2) is 15.9. The zero-order chi connectivity index (χ0) is 35.0. The highest BCUT2D eigenvalue weighted by Crippen LogP contribution is 2.21. The van der Waals surface area contributed by atoms with Gasteiger partial charge in [0.1, 0.15) is 23.0 Å². The topological polar surface area (TPSA) is 186 Å². The first-order chi connectivity index (χ1) is 20.4. The number of amides is 3. The van der Waals surface area contributed by atoms with Crippen LogP contribution in [0.1, 0.15) is 48.0 Å². The highest BCUT2D eigenvalue weighted by Gasteiger charge is 2.40. The van der Waals surface area contributed by atoms with Gasteiger partial charge in [0.2, 0.25) is 10.0 Å². The lowest BCUT2D eigenvalue weighted by atomic mass is 9.98. The fraction of sp³-hybridized carbons (Fsp3) is 0.630. The van der Waals surface area contributed by atoms with Gasteiger partial charge in [-0.15, -0.1) is 16.0 Å². The number of alkyl halides is 1. The highest BCUT2D eigenvalue weighted by molar-refractivity contribution is 7.91. The van der Waals surface area contributed by atoms with Crippen molar-refractivity contribution >= 4 is 55.7 Å². The summed E-state index contributed by atoms with van der Waals surface area (Å²) < 4.78 is 66.6. The van der Waals surface area contributed by atoms with Gasteiger partial charge in [-0.1, -0.05) is 22.6 Å². The van der Waals surface area contributed by atoms with Gasteiger partial charge >= 0.3 is 24.1 Å². The summed E-state index contributed by atoms with van der Waals surface area (Å²) >= 11 is 5.69. The maximum Gasteiger partial charge on any atom is 0.413 e. The number of hydrogen-bond donors (Lipinski definition) is 1. The first-order valence-electron chi connectivity index (χ1n) is 13.6. The van der Waals surface area contributed by atoms with E-state index in [0.717, 1.165) is 11.9 Å². The number of hydrogen-bond acceptors (Lipinski definition) is 11. The Kier molecular flexibility index (Phi) is 14.1. The molecule has 1 aromatic carbocycles. The minimum atomic E-state index is -4.53. The summed E-state index contributed by atoms with van der Waals surface area (Å²) in [5.41, 5.74) is -2.02. The maximum atomic E-state index is 13.5. The average molecular weight is 699 g/mol. The molecule has 0 saturated carbocycles. The van der Waals surface area contributed by atoms with Gasteiger partial charge in [0.25, 0.3) is 10.0 Å². The van der Waals surface area contributed by atoms with Crippen LogP contribution in [0.15, 0.2) is 30.3 Å². The summed E-state index contributed by atoms with van der Waals surface area (Å²) in [4.78, 5) is 53.6. The van der Waals surface area contributed by atoms with Crippen molar-refractivity contribution in [1.82, 2.24) is 19.0 Å². The fourth-order valence-electron chi connectivity index (χ4n) is 3.69. The van der Waals surface area contributed by atoms with Crippen molar-refractivity contribution in [1.29, 1.82) is 0 Å². The Hall–Kier alpha value is -3.15. The SMILES string of the molecule is CN(CC(C[C@H](NC(=O)Oc1ccccc1)C(=O)OC(C)(C)C)C(=O)OC(C)(C)C)C(=O)N(N(CCCl)S(C)(=O)=O)S(C)(=O)=O. The van der Waals surface area contributed by atoms with Gasteiger partial charge in [0, 0.05) is 26.0 Å². The molecule has 0 heterocycles. The second-order valence-electron chi connectivity index (χ2n) is 12.1. The molecule has 0 saturated heterocycles. The Morgan fingerprint density at radius 1 is 0.867 bits per heavy atom. The van der Waals surface area contributed by atoms with Gasteiger partial charge in [-0.2, -0.15) is 0 Å². The van der Waals surface area contributed by atoms with Gasteiger partial charge in [-0.25, -0.2) is 31.2 Å². The van der Waals surface area contributed by atoms with Gasteiger partial charge < -0.3 is 24.4 Å². The molecule has 15 nitrogen and oxygen atoms in total. The summed E-state index contributed by atoms with van der Waals surface area (Å²) in [5.74, 6) is -3.38. The number of nitrogens with one attached hydrogen (secondary N) is 1. The number of nitrogens with zero attached hydrogens (tertiary/aromatic N) is 3. The zero-order valence-corrected chi connectivity index (χ0v) is 29.3. The number of hydrazine groups is 1. The van der Waals surface area contributed by atoms with Crippen LogP contribution in [0.25, 0.3) is 0 Å². The largest absolute Gasteiger partial charge is 0.460 e. The number of ether oxygens (including phenoxy) is 3. The smallest absolute Gasteiger partial charge is 0.413 e. The molecule has 0 aliphatic carbocycles. The van der Waals surface area contributed by atoms with Crippen LogP contribution in [0.4, 0.5) is 9.59 Å². The van der Waals surface area contributed by atoms with E-state index in [9.17, 15) is 36.0 Å². The van der Waals surface area contributed by atoms with Gasteiger partial charge in [-0.05, 0) is 60.1 Å². The van der Waals surface area contributed by atoms with Crippen molar-refractivity contribution in [3.8, 4) is 5.75 Å². The lowest BCUT2D eigenvalue weighted by Crippen LogP contribution is -2.57. The Balaban J connectivity index is 3.51. The number of carbonyl (C=O) groups excluding carboxylic acids is 4. The predicted octanol–water partition coefficient (Wildman–Crippen LogP) is 2.56. The van der Waals surface area contributed by atoms with Crippen LogP contribution in [0, 0.1) is 5.92 Å². The van der Waals surface area contributed by atoms with Crippen LogP contribution in [-0.4, -0.2) is 110 Å². The van der Waals surface area contributed by atoms with Gasteiger partial charge in [0.05, 0.1) is 18.4 Å². The number of rotatable bonds is 13. The minimum absolute atomic E-state index is 0.0255. The van der Waals surface area contributed by atoms with Crippen LogP contribution < -0.4 is 10.1 Å². The standard InChI is InChI=1S/C27H43ClN4O11S2/c1-26(2,3)42-22(33)19(18-30(7)25(36)32(45(9,39)40)31(16-15-28)44(8,37)38)17-21(23(34)43-27(4,5)6)29-24(35)41-20-13-11-10-12-14-20/h10-14,19,21H,15-18H2,1-9H3,(H,29,35)/t19?,21-/m0/s1. The Morgan fingerprint density at radius 3 is 1.82 bits per heavy atom. The normalized spacial score (nSPS) is 13.8. The van der Waals surface area contributed by atoms with Crippen LogP contribution in [0.2, 0.25) is 0 Å². The van der Waals surface area contributed by atoms with E-state index in [1.165, 1.54) is 12.1 Å². The van der Waals surface area contributed by atoms with Crippen molar-refractivity contribution in [2.24, 2.45) is 5.92 Å². The molecule has 45 heavy (non-hydrogen) atoms. The molecule has 0 aromatic heterocycles. The quantitative estimate of drug-likeness (QED) is 0.181. The molecule has 1 rings (SSSR count). The molecule has 256 valence electrons. The predicted molar refractivity (Wildman–Crippen MR) is 166 cm³/mol. The van der Waals surface area contributed by atoms with Crippen LogP contribution in [0.5, 0.6) is 5.75 Å². The van der Waals surface area contributed by atoms with Crippen LogP contribution >= 0.6 is 11.6 Å². The summed E-state index contributed by atoms with van der Waals surface area (Å²) in [6.07, 6.45) is -0.211. The van der Waals surface area contributed by atoms with E-state index in [2.05, 4.69) is 5.32 Å². The maximum absolute atomic E-state index is 13.5. The lowest BCUT2D eigenvalue weighted by Gasteiger charge is -2.35. The van der Waals surface area contributed by atoms with Crippen molar-refractivity contribution in [2.45, 2.75) is 65.2 Å². The molecule has 0 radical (unpaired) electrons. The first kappa shape index (κ1) is 39.9. The summed E-state index contributed by atoms with van der Waals surface area (Å²) in [5, 5.41) is 2.38. The minimum Gasteiger partial charge on any atom is -0.460 e.